The van der Waals surface area contributed by atoms with Gasteiger partial charge < -0.3 is 15.5 Å². The maximum atomic E-state index is 4.41. The van der Waals surface area contributed by atoms with Crippen molar-refractivity contribution in [1.29, 1.82) is 0 Å². The summed E-state index contributed by atoms with van der Waals surface area (Å²) >= 11 is 3.49. The molecule has 0 aliphatic rings. The Morgan fingerprint density at radius 1 is 1.10 bits per heavy atom. The van der Waals surface area contributed by atoms with Crippen molar-refractivity contribution in [2.75, 3.05) is 36.2 Å². The van der Waals surface area contributed by atoms with Gasteiger partial charge in [0.15, 0.2) is 0 Å². The van der Waals surface area contributed by atoms with E-state index in [0.29, 0.717) is 17.8 Å². The third kappa shape index (κ3) is 4.29. The molecule has 0 amide bonds. The third-order valence-corrected chi connectivity index (χ3v) is 3.11. The molecule has 2 aromatic rings. The highest BCUT2D eigenvalue weighted by Gasteiger charge is 2.08. The number of anilines is 4. The Kier molecular flexibility index (Phi) is 4.95. The zero-order valence-electron chi connectivity index (χ0n) is 12.6. The molecule has 1 aromatic heterocycles. The summed E-state index contributed by atoms with van der Waals surface area (Å²) < 4.78 is 1.01. The van der Waals surface area contributed by atoms with Gasteiger partial charge in [-0.25, -0.2) is 0 Å². The minimum Gasteiger partial charge on any atom is -0.354 e. The second kappa shape index (κ2) is 6.71. The number of hydrogen-bond acceptors (Lipinski definition) is 6. The molecule has 0 aliphatic carbocycles. The van der Waals surface area contributed by atoms with Crippen molar-refractivity contribution in [1.82, 2.24) is 15.0 Å². The van der Waals surface area contributed by atoms with Crippen molar-refractivity contribution in [3.8, 4) is 0 Å². The molecule has 0 unspecified atom stereocenters. The molecule has 1 aromatic carbocycles. The molecule has 21 heavy (non-hydrogen) atoms. The molecule has 0 saturated heterocycles. The number of halogens is 1. The predicted molar refractivity (Wildman–Crippen MR) is 90.5 cm³/mol. The van der Waals surface area contributed by atoms with Crippen LogP contribution in [-0.4, -0.2) is 35.6 Å². The van der Waals surface area contributed by atoms with Crippen LogP contribution in [0.5, 0.6) is 0 Å². The first-order valence-corrected chi connectivity index (χ1v) is 7.48. The van der Waals surface area contributed by atoms with Crippen LogP contribution in [0, 0.1) is 6.92 Å². The molecule has 2 rings (SSSR count). The lowest BCUT2D eigenvalue weighted by atomic mass is 10.2. The van der Waals surface area contributed by atoms with E-state index >= 15 is 0 Å². The Morgan fingerprint density at radius 2 is 1.81 bits per heavy atom. The van der Waals surface area contributed by atoms with E-state index in [9.17, 15) is 0 Å². The average Bonchev–Trinajstić information content (AvgIpc) is 2.37. The van der Waals surface area contributed by atoms with E-state index < -0.39 is 0 Å². The summed E-state index contributed by atoms with van der Waals surface area (Å²) in [6.45, 7) is 4.80. The Labute approximate surface area is 133 Å². The number of benzene rings is 1. The maximum absolute atomic E-state index is 4.41. The van der Waals surface area contributed by atoms with Gasteiger partial charge in [0.1, 0.15) is 0 Å². The molecule has 0 bridgehead atoms. The second-order valence-corrected chi connectivity index (χ2v) is 5.77. The highest BCUT2D eigenvalue weighted by atomic mass is 79.9. The summed E-state index contributed by atoms with van der Waals surface area (Å²) in [7, 11) is 3.80. The normalized spacial score (nSPS) is 10.3. The Balaban J connectivity index is 2.33. The topological polar surface area (TPSA) is 66.0 Å². The monoisotopic (exact) mass is 350 g/mol. The van der Waals surface area contributed by atoms with Crippen LogP contribution in [0.2, 0.25) is 0 Å². The average molecular weight is 351 g/mol. The molecule has 0 fully saturated rings. The summed E-state index contributed by atoms with van der Waals surface area (Å²) in [5.41, 5.74) is 2.08. The molecular weight excluding hydrogens is 332 g/mol. The molecule has 7 heteroatoms. The van der Waals surface area contributed by atoms with E-state index in [4.69, 9.17) is 0 Å². The first kappa shape index (κ1) is 15.5. The molecule has 0 aliphatic heterocycles. The van der Waals surface area contributed by atoms with Crippen LogP contribution < -0.4 is 15.5 Å². The first-order chi connectivity index (χ1) is 9.97. The largest absolute Gasteiger partial charge is 0.354 e. The van der Waals surface area contributed by atoms with Crippen molar-refractivity contribution >= 4 is 39.5 Å². The fourth-order valence-electron chi connectivity index (χ4n) is 1.80. The van der Waals surface area contributed by atoms with Gasteiger partial charge in [-0.05, 0) is 37.6 Å². The fraction of sp³-hybridized carbons (Fsp3) is 0.357. The van der Waals surface area contributed by atoms with E-state index in [1.165, 1.54) is 0 Å². The fourth-order valence-corrected chi connectivity index (χ4v) is 2.40. The van der Waals surface area contributed by atoms with Gasteiger partial charge in [-0.15, -0.1) is 0 Å². The lowest BCUT2D eigenvalue weighted by molar-refractivity contribution is 0.953. The molecule has 0 radical (unpaired) electrons. The SMILES string of the molecule is CCNc1nc(Nc2cc(C)cc(Br)c2)nc(N(C)C)n1. The summed E-state index contributed by atoms with van der Waals surface area (Å²) in [5.74, 6) is 1.68. The van der Waals surface area contributed by atoms with Crippen molar-refractivity contribution in [3.63, 3.8) is 0 Å². The summed E-state index contributed by atoms with van der Waals surface area (Å²) in [5, 5.41) is 6.33. The van der Waals surface area contributed by atoms with Gasteiger partial charge in [-0.2, -0.15) is 15.0 Å². The molecule has 0 atom stereocenters. The second-order valence-electron chi connectivity index (χ2n) is 4.85. The van der Waals surface area contributed by atoms with Crippen LogP contribution in [0.1, 0.15) is 12.5 Å². The molecular formula is C14H19BrN6. The van der Waals surface area contributed by atoms with Crippen molar-refractivity contribution in [2.45, 2.75) is 13.8 Å². The van der Waals surface area contributed by atoms with Crippen LogP contribution >= 0.6 is 15.9 Å². The smallest absolute Gasteiger partial charge is 0.233 e. The van der Waals surface area contributed by atoms with Crippen molar-refractivity contribution in [2.24, 2.45) is 0 Å². The highest BCUT2D eigenvalue weighted by Crippen LogP contribution is 2.22. The lowest BCUT2D eigenvalue weighted by Crippen LogP contribution is -2.16. The van der Waals surface area contributed by atoms with Gasteiger partial charge >= 0.3 is 0 Å². The van der Waals surface area contributed by atoms with Gasteiger partial charge in [0.2, 0.25) is 17.8 Å². The Hall–Kier alpha value is -1.89. The zero-order chi connectivity index (χ0) is 15.4. The molecule has 1 heterocycles. The first-order valence-electron chi connectivity index (χ1n) is 6.69. The van der Waals surface area contributed by atoms with E-state index in [0.717, 1.165) is 22.3 Å². The van der Waals surface area contributed by atoms with Crippen molar-refractivity contribution < 1.29 is 0 Å². The summed E-state index contributed by atoms with van der Waals surface area (Å²) in [4.78, 5) is 15.0. The quantitative estimate of drug-likeness (QED) is 0.863. The van der Waals surface area contributed by atoms with Crippen LogP contribution in [0.25, 0.3) is 0 Å². The third-order valence-electron chi connectivity index (χ3n) is 2.66. The summed E-state index contributed by atoms with van der Waals surface area (Å²) in [6.07, 6.45) is 0. The van der Waals surface area contributed by atoms with E-state index in [2.05, 4.69) is 41.5 Å². The highest BCUT2D eigenvalue weighted by molar-refractivity contribution is 9.10. The van der Waals surface area contributed by atoms with E-state index in [-0.39, 0.29) is 0 Å². The maximum Gasteiger partial charge on any atom is 0.233 e. The van der Waals surface area contributed by atoms with E-state index in [1.807, 2.05) is 51.0 Å². The minimum atomic E-state index is 0.516. The number of hydrogen-bond donors (Lipinski definition) is 2. The number of aryl methyl sites for hydroxylation is 1. The van der Waals surface area contributed by atoms with Gasteiger partial charge in [0, 0.05) is 30.8 Å². The lowest BCUT2D eigenvalue weighted by Gasteiger charge is -2.14. The number of nitrogens with zero attached hydrogens (tertiary/aromatic N) is 4. The van der Waals surface area contributed by atoms with Crippen LogP contribution in [0.3, 0.4) is 0 Å². The minimum absolute atomic E-state index is 0.516. The molecule has 0 saturated carbocycles. The van der Waals surface area contributed by atoms with Crippen LogP contribution in [0.15, 0.2) is 22.7 Å². The standard InChI is InChI=1S/C14H19BrN6/c1-5-16-12-18-13(20-14(19-12)21(3)4)17-11-7-9(2)6-10(15)8-11/h6-8H,5H2,1-4H3,(H2,16,17,18,19,20). The molecule has 6 nitrogen and oxygen atoms in total. The number of rotatable bonds is 5. The van der Waals surface area contributed by atoms with Crippen molar-refractivity contribution in [3.05, 3.63) is 28.2 Å². The van der Waals surface area contributed by atoms with Gasteiger partial charge in [0.25, 0.3) is 0 Å². The number of aromatic nitrogens is 3. The predicted octanol–water partition coefficient (Wildman–Crippen LogP) is 3.18. The molecule has 0 spiro atoms. The zero-order valence-corrected chi connectivity index (χ0v) is 14.2. The number of nitrogens with one attached hydrogen (secondary N) is 2. The Bertz CT molecular complexity index is 609. The van der Waals surface area contributed by atoms with Gasteiger partial charge in [0.05, 0.1) is 0 Å². The van der Waals surface area contributed by atoms with Crippen LogP contribution in [0.4, 0.5) is 23.5 Å². The molecule has 112 valence electrons. The van der Waals surface area contributed by atoms with Crippen LogP contribution in [-0.2, 0) is 0 Å². The van der Waals surface area contributed by atoms with Gasteiger partial charge in [-0.1, -0.05) is 15.9 Å². The van der Waals surface area contributed by atoms with Gasteiger partial charge in [-0.3, -0.25) is 0 Å². The Morgan fingerprint density at radius 3 is 2.43 bits per heavy atom. The molecule has 2 N–H and O–H groups in total. The summed E-state index contributed by atoms with van der Waals surface area (Å²) in [6, 6.07) is 6.07. The van der Waals surface area contributed by atoms with E-state index in [1.54, 1.807) is 0 Å².